The highest BCUT2D eigenvalue weighted by Crippen LogP contribution is 2.37. The Morgan fingerprint density at radius 2 is 1.89 bits per heavy atom. The fraction of sp³-hybridized carbons (Fsp3) is 0.154. The Morgan fingerprint density at radius 1 is 1.26 bits per heavy atom. The van der Waals surface area contributed by atoms with Gasteiger partial charge in [-0.15, -0.1) is 0 Å². The molecule has 0 spiro atoms. The third-order valence-electron chi connectivity index (χ3n) is 2.91. The summed E-state index contributed by atoms with van der Waals surface area (Å²) < 4.78 is 38.8. The molecule has 0 saturated heterocycles. The number of H-pyrrole nitrogens is 1. The maximum Gasteiger partial charge on any atom is 0.417 e. The van der Waals surface area contributed by atoms with Crippen molar-refractivity contribution in [3.63, 3.8) is 0 Å². The minimum Gasteiger partial charge on any atom is -0.366 e. The highest BCUT2D eigenvalue weighted by Gasteiger charge is 2.34. The molecule has 0 saturated carbocycles. The summed E-state index contributed by atoms with van der Waals surface area (Å²) in [4.78, 5) is 13.8. The average molecular weight is 268 g/mol. The lowest BCUT2D eigenvalue weighted by Crippen LogP contribution is -2.11. The molecule has 2 rings (SSSR count). The van der Waals surface area contributed by atoms with Crippen LogP contribution in [-0.2, 0) is 6.18 Å². The maximum absolute atomic E-state index is 12.9. The van der Waals surface area contributed by atoms with E-state index < -0.39 is 17.6 Å². The van der Waals surface area contributed by atoms with Crippen LogP contribution >= 0.6 is 0 Å². The molecule has 0 aliphatic rings. The Balaban J connectivity index is 2.64. The van der Waals surface area contributed by atoms with E-state index in [0.717, 1.165) is 6.07 Å². The monoisotopic (exact) mass is 268 g/mol. The molecule has 6 heteroatoms. The first-order chi connectivity index (χ1) is 8.82. The van der Waals surface area contributed by atoms with Crippen molar-refractivity contribution in [1.82, 2.24) is 4.98 Å². The van der Waals surface area contributed by atoms with Crippen LogP contribution in [0.2, 0.25) is 0 Å². The minimum absolute atomic E-state index is 0.000000000000000222. The second-order valence-corrected chi connectivity index (χ2v) is 4.11. The maximum atomic E-state index is 12.9. The highest BCUT2D eigenvalue weighted by molar-refractivity contribution is 5.96. The van der Waals surface area contributed by atoms with E-state index in [-0.39, 0.29) is 16.8 Å². The lowest BCUT2D eigenvalue weighted by atomic mass is 10.0. The SMILES string of the molecule is Cc1c(C(N)=O)c[nH]c1-c1ccccc1C(F)(F)F. The van der Waals surface area contributed by atoms with Crippen molar-refractivity contribution >= 4 is 5.91 Å². The number of nitrogens with two attached hydrogens (primary N) is 1. The molecule has 2 aromatic rings. The number of hydrogen-bond donors (Lipinski definition) is 2. The first kappa shape index (κ1) is 13.2. The summed E-state index contributed by atoms with van der Waals surface area (Å²) in [6, 6.07) is 5.18. The molecule has 0 aliphatic heterocycles. The molecular weight excluding hydrogens is 257 g/mol. The zero-order valence-corrected chi connectivity index (χ0v) is 10.0. The number of benzene rings is 1. The number of carbonyl (C=O) groups is 1. The van der Waals surface area contributed by atoms with Gasteiger partial charge < -0.3 is 10.7 Å². The Bertz CT molecular complexity index is 629. The van der Waals surface area contributed by atoms with Crippen molar-refractivity contribution < 1.29 is 18.0 Å². The number of carbonyl (C=O) groups excluding carboxylic acids is 1. The van der Waals surface area contributed by atoms with Crippen molar-refractivity contribution in [3.8, 4) is 11.3 Å². The number of amides is 1. The number of aromatic nitrogens is 1. The summed E-state index contributed by atoms with van der Waals surface area (Å²) in [5, 5.41) is 0. The van der Waals surface area contributed by atoms with Gasteiger partial charge in [-0.3, -0.25) is 4.79 Å². The van der Waals surface area contributed by atoms with Gasteiger partial charge in [0.05, 0.1) is 11.1 Å². The van der Waals surface area contributed by atoms with Crippen LogP contribution in [0.4, 0.5) is 13.2 Å². The summed E-state index contributed by atoms with van der Waals surface area (Å²) in [5.74, 6) is -0.676. The molecule has 19 heavy (non-hydrogen) atoms. The normalized spacial score (nSPS) is 11.6. The van der Waals surface area contributed by atoms with E-state index in [1.807, 2.05) is 0 Å². The number of primary amides is 1. The van der Waals surface area contributed by atoms with Gasteiger partial charge in [-0.05, 0) is 18.6 Å². The fourth-order valence-electron chi connectivity index (χ4n) is 1.98. The third-order valence-corrected chi connectivity index (χ3v) is 2.91. The van der Waals surface area contributed by atoms with Gasteiger partial charge in [-0.2, -0.15) is 13.2 Å². The fourth-order valence-corrected chi connectivity index (χ4v) is 1.98. The van der Waals surface area contributed by atoms with E-state index in [1.54, 1.807) is 6.92 Å². The van der Waals surface area contributed by atoms with Crippen molar-refractivity contribution in [2.75, 3.05) is 0 Å². The summed E-state index contributed by atoms with van der Waals surface area (Å²) in [6.45, 7) is 1.55. The van der Waals surface area contributed by atoms with Crippen LogP contribution in [0.15, 0.2) is 30.5 Å². The van der Waals surface area contributed by atoms with Gasteiger partial charge in [0.1, 0.15) is 0 Å². The second kappa shape index (κ2) is 4.46. The molecule has 1 heterocycles. The largest absolute Gasteiger partial charge is 0.417 e. The van der Waals surface area contributed by atoms with Gasteiger partial charge >= 0.3 is 6.18 Å². The summed E-state index contributed by atoms with van der Waals surface area (Å²) in [7, 11) is 0. The van der Waals surface area contributed by atoms with Crippen LogP contribution in [0.5, 0.6) is 0 Å². The van der Waals surface area contributed by atoms with E-state index in [1.165, 1.54) is 24.4 Å². The third kappa shape index (κ3) is 2.33. The highest BCUT2D eigenvalue weighted by atomic mass is 19.4. The van der Waals surface area contributed by atoms with Gasteiger partial charge in [0.25, 0.3) is 5.91 Å². The minimum atomic E-state index is -4.46. The predicted molar refractivity (Wildman–Crippen MR) is 64.5 cm³/mol. The van der Waals surface area contributed by atoms with Gasteiger partial charge in [0, 0.05) is 17.5 Å². The summed E-state index contributed by atoms with van der Waals surface area (Å²) in [5.41, 5.74) is 5.24. The number of alkyl halides is 3. The molecule has 0 aliphatic carbocycles. The lowest BCUT2D eigenvalue weighted by Gasteiger charge is -2.12. The molecule has 100 valence electrons. The molecule has 0 atom stereocenters. The molecule has 1 aromatic carbocycles. The Kier molecular flexibility index (Phi) is 3.09. The Labute approximate surface area is 107 Å². The van der Waals surface area contributed by atoms with Crippen LogP contribution in [-0.4, -0.2) is 10.9 Å². The smallest absolute Gasteiger partial charge is 0.366 e. The molecule has 0 fully saturated rings. The first-order valence-corrected chi connectivity index (χ1v) is 5.46. The molecular formula is C13H11F3N2O. The molecule has 0 bridgehead atoms. The number of halogens is 3. The van der Waals surface area contributed by atoms with Crippen LogP contribution in [0, 0.1) is 6.92 Å². The van der Waals surface area contributed by atoms with Gasteiger partial charge in [0.15, 0.2) is 0 Å². The molecule has 1 amide bonds. The van der Waals surface area contributed by atoms with Crippen LogP contribution in [0.25, 0.3) is 11.3 Å². The topological polar surface area (TPSA) is 58.9 Å². The van der Waals surface area contributed by atoms with E-state index in [4.69, 9.17) is 5.73 Å². The van der Waals surface area contributed by atoms with Crippen LogP contribution < -0.4 is 5.73 Å². The summed E-state index contributed by atoms with van der Waals surface area (Å²) in [6.07, 6.45) is -3.14. The lowest BCUT2D eigenvalue weighted by molar-refractivity contribution is -0.137. The van der Waals surface area contributed by atoms with E-state index in [0.29, 0.717) is 5.56 Å². The van der Waals surface area contributed by atoms with Crippen molar-refractivity contribution in [1.29, 1.82) is 0 Å². The number of aromatic amines is 1. The molecule has 3 N–H and O–H groups in total. The van der Waals surface area contributed by atoms with E-state index in [9.17, 15) is 18.0 Å². The van der Waals surface area contributed by atoms with Gasteiger partial charge in [0.2, 0.25) is 0 Å². The molecule has 0 unspecified atom stereocenters. The molecule has 1 aromatic heterocycles. The summed E-state index contributed by atoms with van der Waals surface area (Å²) >= 11 is 0. The van der Waals surface area contributed by atoms with Crippen LogP contribution in [0.3, 0.4) is 0 Å². The van der Waals surface area contributed by atoms with E-state index >= 15 is 0 Å². The zero-order valence-electron chi connectivity index (χ0n) is 10.0. The van der Waals surface area contributed by atoms with Crippen molar-refractivity contribution in [3.05, 3.63) is 47.2 Å². The number of hydrogen-bond acceptors (Lipinski definition) is 1. The Morgan fingerprint density at radius 3 is 2.42 bits per heavy atom. The van der Waals surface area contributed by atoms with Crippen LogP contribution in [0.1, 0.15) is 21.5 Å². The average Bonchev–Trinajstić information content (AvgIpc) is 2.70. The number of rotatable bonds is 2. The predicted octanol–water partition coefficient (Wildman–Crippen LogP) is 3.11. The zero-order chi connectivity index (χ0) is 14.2. The molecule has 0 radical (unpaired) electrons. The van der Waals surface area contributed by atoms with Gasteiger partial charge in [-0.25, -0.2) is 0 Å². The van der Waals surface area contributed by atoms with Crippen molar-refractivity contribution in [2.45, 2.75) is 13.1 Å². The quantitative estimate of drug-likeness (QED) is 0.863. The van der Waals surface area contributed by atoms with Crippen molar-refractivity contribution in [2.24, 2.45) is 5.73 Å². The standard InChI is InChI=1S/C13H11F3N2O/c1-7-9(12(17)19)6-18-11(7)8-4-2-3-5-10(8)13(14,15)16/h2-6,18H,1H3,(H2,17,19). The second-order valence-electron chi connectivity index (χ2n) is 4.11. The Hall–Kier alpha value is -2.24. The number of nitrogens with one attached hydrogen (secondary N) is 1. The van der Waals surface area contributed by atoms with E-state index in [2.05, 4.69) is 4.98 Å². The first-order valence-electron chi connectivity index (χ1n) is 5.46. The molecule has 3 nitrogen and oxygen atoms in total. The van der Waals surface area contributed by atoms with Gasteiger partial charge in [-0.1, -0.05) is 18.2 Å².